The van der Waals surface area contributed by atoms with Crippen LogP contribution in [0.1, 0.15) is 34.1 Å². The van der Waals surface area contributed by atoms with E-state index in [1.54, 1.807) is 0 Å². The Morgan fingerprint density at radius 3 is 1.84 bits per heavy atom. The fourth-order valence-corrected chi connectivity index (χ4v) is 5.46. The number of anilines is 1. The van der Waals surface area contributed by atoms with Gasteiger partial charge in [0.15, 0.2) is 17.3 Å². The van der Waals surface area contributed by atoms with Gasteiger partial charge in [-0.2, -0.15) is 0 Å². The zero-order valence-electron chi connectivity index (χ0n) is 20.9. The molecule has 1 saturated carbocycles. The molecule has 4 heteroatoms. The van der Waals surface area contributed by atoms with Gasteiger partial charge < -0.3 is 9.64 Å². The van der Waals surface area contributed by atoms with Crippen molar-refractivity contribution in [1.29, 1.82) is 0 Å². The minimum Gasteiger partial charge on any atom is -0.438 e. The van der Waals surface area contributed by atoms with Crippen molar-refractivity contribution in [2.45, 2.75) is 18.3 Å². The number of hydrogen-bond donors (Lipinski definition) is 0. The first-order valence-electron chi connectivity index (χ1n) is 12.8. The summed E-state index contributed by atoms with van der Waals surface area (Å²) in [5, 5.41) is 0. The fourth-order valence-electron chi connectivity index (χ4n) is 5.46. The summed E-state index contributed by atoms with van der Waals surface area (Å²) in [6, 6.07) is 35.1. The van der Waals surface area contributed by atoms with E-state index in [4.69, 9.17) is 4.74 Å². The number of Topliss-reactive ketones (excluding diaryl/α,β-unsaturated/α-hetero) is 2. The summed E-state index contributed by atoms with van der Waals surface area (Å²) in [5.74, 6) is -0.611. The van der Waals surface area contributed by atoms with E-state index < -0.39 is 11.8 Å². The molecule has 2 aliphatic rings. The number of carbonyl (C=O) groups excluding carboxylic acids is 2. The standard InChI is InChI=1S/C34H27NO3/c1-2-23-17-19-24(20-18-23)21-22-35-27-15-9-10-16-28(27)38-34(35)31-32(36)29(25-11-5-3-6-12-25)30(33(31)37)26-13-7-4-8-14-26/h2-20,29-30H,1,21-22H2. The van der Waals surface area contributed by atoms with Crippen molar-refractivity contribution in [1.82, 2.24) is 0 Å². The van der Waals surface area contributed by atoms with E-state index in [-0.39, 0.29) is 17.1 Å². The third-order valence-electron chi connectivity index (χ3n) is 7.37. The van der Waals surface area contributed by atoms with Gasteiger partial charge >= 0.3 is 0 Å². The Bertz CT molecular complexity index is 1480. The molecule has 4 nitrogen and oxygen atoms in total. The number of ketones is 2. The molecule has 1 heterocycles. The van der Waals surface area contributed by atoms with E-state index in [1.807, 2.05) is 108 Å². The summed E-state index contributed by atoms with van der Waals surface area (Å²) < 4.78 is 6.29. The Labute approximate surface area is 222 Å². The van der Waals surface area contributed by atoms with E-state index in [1.165, 1.54) is 0 Å². The number of carbonyl (C=O) groups is 2. The highest BCUT2D eigenvalue weighted by atomic mass is 16.5. The number of fused-ring (bicyclic) bond motifs is 1. The molecule has 0 N–H and O–H groups in total. The van der Waals surface area contributed by atoms with Gasteiger partial charge in [-0.25, -0.2) is 0 Å². The molecule has 38 heavy (non-hydrogen) atoms. The quantitative estimate of drug-likeness (QED) is 0.220. The predicted octanol–water partition coefficient (Wildman–Crippen LogP) is 6.70. The van der Waals surface area contributed by atoms with Crippen molar-refractivity contribution in [2.24, 2.45) is 0 Å². The molecule has 0 bridgehead atoms. The molecule has 1 fully saturated rings. The molecule has 2 atom stereocenters. The Balaban J connectivity index is 1.43. The number of nitrogens with zero attached hydrogens (tertiary/aromatic N) is 1. The third-order valence-corrected chi connectivity index (χ3v) is 7.37. The van der Waals surface area contributed by atoms with E-state index >= 15 is 0 Å². The lowest BCUT2D eigenvalue weighted by atomic mass is 9.83. The zero-order valence-corrected chi connectivity index (χ0v) is 20.9. The van der Waals surface area contributed by atoms with Crippen LogP contribution in [-0.2, 0) is 16.0 Å². The van der Waals surface area contributed by atoms with Crippen molar-refractivity contribution in [3.8, 4) is 5.75 Å². The van der Waals surface area contributed by atoms with Crippen LogP contribution >= 0.6 is 0 Å². The summed E-state index contributed by atoms with van der Waals surface area (Å²) in [6.45, 7) is 4.39. The molecule has 1 aliphatic carbocycles. The maximum absolute atomic E-state index is 14.1. The first-order chi connectivity index (χ1) is 18.7. The molecule has 186 valence electrons. The summed E-state index contributed by atoms with van der Waals surface area (Å²) in [5.41, 5.74) is 4.88. The van der Waals surface area contributed by atoms with Crippen molar-refractivity contribution in [2.75, 3.05) is 11.4 Å². The lowest BCUT2D eigenvalue weighted by Crippen LogP contribution is -2.27. The molecular weight excluding hydrogens is 470 g/mol. The smallest absolute Gasteiger partial charge is 0.215 e. The van der Waals surface area contributed by atoms with Crippen molar-refractivity contribution >= 4 is 23.3 Å². The number of rotatable bonds is 6. The van der Waals surface area contributed by atoms with Gasteiger partial charge in [0.05, 0.1) is 17.5 Å². The monoisotopic (exact) mass is 497 g/mol. The van der Waals surface area contributed by atoms with E-state index in [0.29, 0.717) is 18.2 Å². The van der Waals surface area contributed by atoms with E-state index in [2.05, 4.69) is 18.7 Å². The molecule has 4 aromatic carbocycles. The molecule has 0 saturated heterocycles. The van der Waals surface area contributed by atoms with Gasteiger partial charge in [-0.3, -0.25) is 9.59 Å². The molecule has 2 unspecified atom stereocenters. The Kier molecular flexibility index (Phi) is 6.22. The normalized spacial score (nSPS) is 18.5. The molecule has 0 aromatic heterocycles. The zero-order chi connectivity index (χ0) is 26.1. The minimum absolute atomic E-state index is 0.144. The van der Waals surface area contributed by atoms with Crippen LogP contribution in [0.4, 0.5) is 5.69 Å². The second kappa shape index (κ2) is 9.98. The Morgan fingerprint density at radius 1 is 0.711 bits per heavy atom. The number of para-hydroxylation sites is 2. The predicted molar refractivity (Wildman–Crippen MR) is 150 cm³/mol. The molecule has 0 spiro atoms. The molecule has 1 aliphatic heterocycles. The molecule has 6 rings (SSSR count). The summed E-state index contributed by atoms with van der Waals surface area (Å²) in [6.07, 6.45) is 2.54. The average molecular weight is 498 g/mol. The van der Waals surface area contributed by atoms with Crippen LogP contribution in [0.5, 0.6) is 5.75 Å². The number of allylic oxidation sites excluding steroid dienone is 1. The Hall–Kier alpha value is -4.70. The fraction of sp³-hybridized carbons (Fsp3) is 0.118. The largest absolute Gasteiger partial charge is 0.438 e. The summed E-state index contributed by atoms with van der Waals surface area (Å²) >= 11 is 0. The number of benzene rings is 4. The van der Waals surface area contributed by atoms with E-state index in [0.717, 1.165) is 34.4 Å². The number of hydrogen-bond acceptors (Lipinski definition) is 4. The van der Waals surface area contributed by atoms with Crippen molar-refractivity contribution < 1.29 is 14.3 Å². The van der Waals surface area contributed by atoms with Gasteiger partial charge in [0.25, 0.3) is 0 Å². The Morgan fingerprint density at radius 2 is 1.26 bits per heavy atom. The minimum atomic E-state index is -0.603. The van der Waals surface area contributed by atoms with Crippen LogP contribution in [0.3, 0.4) is 0 Å². The summed E-state index contributed by atoms with van der Waals surface area (Å²) in [4.78, 5) is 30.3. The van der Waals surface area contributed by atoms with Crippen molar-refractivity contribution in [3.63, 3.8) is 0 Å². The first-order valence-corrected chi connectivity index (χ1v) is 12.8. The highest BCUT2D eigenvalue weighted by molar-refractivity contribution is 6.31. The van der Waals surface area contributed by atoms with Crippen LogP contribution in [-0.4, -0.2) is 18.1 Å². The highest BCUT2D eigenvalue weighted by Gasteiger charge is 2.50. The second-order valence-corrected chi connectivity index (χ2v) is 9.60. The van der Waals surface area contributed by atoms with Crippen LogP contribution < -0.4 is 9.64 Å². The maximum atomic E-state index is 14.1. The third kappa shape index (κ3) is 4.14. The van der Waals surface area contributed by atoms with E-state index in [9.17, 15) is 9.59 Å². The molecule has 0 amide bonds. The SMILES string of the molecule is C=Cc1ccc(CCN2C(=C3C(=O)C(c4ccccc4)C(c4ccccc4)C3=O)Oc3ccccc32)cc1. The molecular formula is C34H27NO3. The summed E-state index contributed by atoms with van der Waals surface area (Å²) in [7, 11) is 0. The van der Waals surface area contributed by atoms with Crippen LogP contribution in [0.15, 0.2) is 127 Å². The highest BCUT2D eigenvalue weighted by Crippen LogP contribution is 2.48. The topological polar surface area (TPSA) is 46.6 Å². The lowest BCUT2D eigenvalue weighted by molar-refractivity contribution is -0.117. The van der Waals surface area contributed by atoms with Gasteiger partial charge in [-0.05, 0) is 40.8 Å². The molecule has 4 aromatic rings. The van der Waals surface area contributed by atoms with Crippen LogP contribution in [0.25, 0.3) is 6.08 Å². The van der Waals surface area contributed by atoms with Crippen LogP contribution in [0, 0.1) is 0 Å². The maximum Gasteiger partial charge on any atom is 0.215 e. The molecule has 0 radical (unpaired) electrons. The van der Waals surface area contributed by atoms with Gasteiger partial charge in [-0.1, -0.05) is 110 Å². The van der Waals surface area contributed by atoms with Gasteiger partial charge in [0.1, 0.15) is 5.57 Å². The van der Waals surface area contributed by atoms with Gasteiger partial charge in [0.2, 0.25) is 5.88 Å². The van der Waals surface area contributed by atoms with Crippen molar-refractivity contribution in [3.05, 3.63) is 149 Å². The van der Waals surface area contributed by atoms with Gasteiger partial charge in [-0.15, -0.1) is 0 Å². The number of ether oxygens (including phenoxy) is 1. The lowest BCUT2D eigenvalue weighted by Gasteiger charge is -2.19. The second-order valence-electron chi connectivity index (χ2n) is 9.60. The first kappa shape index (κ1) is 23.7. The average Bonchev–Trinajstić information content (AvgIpc) is 3.46. The van der Waals surface area contributed by atoms with Gasteiger partial charge in [0, 0.05) is 6.54 Å². The van der Waals surface area contributed by atoms with Crippen LogP contribution in [0.2, 0.25) is 0 Å².